The van der Waals surface area contributed by atoms with Crippen LogP contribution >= 0.6 is 0 Å². The zero-order valence-corrected chi connectivity index (χ0v) is 8.18. The summed E-state index contributed by atoms with van der Waals surface area (Å²) in [5.74, 6) is -0.435. The van der Waals surface area contributed by atoms with Crippen LogP contribution in [0.2, 0.25) is 0 Å². The molecule has 0 aliphatic carbocycles. The maximum absolute atomic E-state index is 9.82. The lowest BCUT2D eigenvalue weighted by Gasteiger charge is -1.95. The van der Waals surface area contributed by atoms with Gasteiger partial charge in [0.15, 0.2) is 0 Å². The molecule has 0 heterocycles. The summed E-state index contributed by atoms with van der Waals surface area (Å²) in [6.07, 6.45) is 0. The number of primary amides is 1. The molecule has 5 heteroatoms. The molecule has 0 fully saturated rings. The highest BCUT2D eigenvalue weighted by Crippen LogP contribution is 1.78. The lowest BCUT2D eigenvalue weighted by Crippen LogP contribution is -2.27. The summed E-state index contributed by atoms with van der Waals surface area (Å²) in [5.41, 5.74) is 15.4. The molecule has 0 atom stereocenters. The van der Waals surface area contributed by atoms with E-state index in [2.05, 4.69) is 11.9 Å². The topological polar surface area (TPSA) is 107 Å². The van der Waals surface area contributed by atoms with Crippen LogP contribution in [0.1, 0.15) is 6.92 Å². The molecular formula is C8H20N4O. The summed E-state index contributed by atoms with van der Waals surface area (Å²) in [6.45, 7) is 7.99. The smallest absolute Gasteiger partial charge is 0.243 e. The molecule has 1 amide bonds. The molecule has 0 aliphatic heterocycles. The summed E-state index contributed by atoms with van der Waals surface area (Å²) < 4.78 is 0. The van der Waals surface area contributed by atoms with E-state index in [1.54, 1.807) is 6.92 Å². The Kier molecular flexibility index (Phi) is 12.5. The number of hydrogen-bond acceptors (Lipinski definition) is 4. The van der Waals surface area contributed by atoms with Crippen molar-refractivity contribution >= 4 is 5.91 Å². The van der Waals surface area contributed by atoms with Crippen LogP contribution < -0.4 is 22.5 Å². The number of nitrogens with two attached hydrogens (primary N) is 3. The van der Waals surface area contributed by atoms with Gasteiger partial charge in [0, 0.05) is 31.8 Å². The first-order valence-corrected chi connectivity index (χ1v) is 4.12. The first-order valence-electron chi connectivity index (χ1n) is 4.12. The number of nitrogens with one attached hydrogen (secondary N) is 1. The minimum Gasteiger partial charge on any atom is -0.366 e. The summed E-state index contributed by atoms with van der Waals surface area (Å²) in [5, 5.41) is 3.03. The van der Waals surface area contributed by atoms with Crippen LogP contribution in [0.5, 0.6) is 0 Å². The van der Waals surface area contributed by atoms with Gasteiger partial charge in [-0.2, -0.15) is 0 Å². The molecule has 0 rings (SSSR count). The second-order valence-corrected chi connectivity index (χ2v) is 2.47. The van der Waals surface area contributed by atoms with Gasteiger partial charge in [-0.1, -0.05) is 6.58 Å². The average Bonchev–Trinajstić information content (AvgIpc) is 2.06. The third-order valence-electron chi connectivity index (χ3n) is 1.06. The molecule has 7 N–H and O–H groups in total. The monoisotopic (exact) mass is 188 g/mol. The molecular weight excluding hydrogens is 168 g/mol. The molecule has 0 unspecified atom stereocenters. The Morgan fingerprint density at radius 2 is 1.62 bits per heavy atom. The molecule has 0 radical (unpaired) electrons. The molecule has 0 aromatic carbocycles. The summed E-state index contributed by atoms with van der Waals surface area (Å²) in [7, 11) is 0. The van der Waals surface area contributed by atoms with Crippen molar-refractivity contribution in [1.82, 2.24) is 5.32 Å². The van der Waals surface area contributed by atoms with Crippen LogP contribution in [-0.2, 0) is 4.79 Å². The van der Waals surface area contributed by atoms with Crippen molar-refractivity contribution in [2.24, 2.45) is 17.2 Å². The Bertz CT molecular complexity index is 131. The number of amides is 1. The Morgan fingerprint density at radius 3 is 1.77 bits per heavy atom. The highest BCUT2D eigenvalue weighted by Gasteiger charge is 1.86. The minimum absolute atomic E-state index is 0.398. The number of hydrogen-bond donors (Lipinski definition) is 4. The predicted molar refractivity (Wildman–Crippen MR) is 55.0 cm³/mol. The zero-order valence-electron chi connectivity index (χ0n) is 8.18. The highest BCUT2D eigenvalue weighted by atomic mass is 16.1. The van der Waals surface area contributed by atoms with Gasteiger partial charge >= 0.3 is 0 Å². The van der Waals surface area contributed by atoms with Crippen LogP contribution in [0.3, 0.4) is 0 Å². The molecule has 78 valence electrons. The zero-order chi connectivity index (χ0) is 10.7. The maximum Gasteiger partial charge on any atom is 0.243 e. The number of carbonyl (C=O) groups is 1. The Morgan fingerprint density at radius 1 is 1.31 bits per heavy atom. The fourth-order valence-electron chi connectivity index (χ4n) is 0.329. The number of rotatable bonds is 5. The second-order valence-electron chi connectivity index (χ2n) is 2.47. The van der Waals surface area contributed by atoms with Gasteiger partial charge in [-0.3, -0.25) is 4.79 Å². The van der Waals surface area contributed by atoms with Gasteiger partial charge < -0.3 is 22.5 Å². The van der Waals surface area contributed by atoms with Crippen LogP contribution in [0.25, 0.3) is 0 Å². The second kappa shape index (κ2) is 11.1. The third kappa shape index (κ3) is 18.2. The molecule has 0 aromatic rings. The van der Waals surface area contributed by atoms with Crippen LogP contribution in [0.15, 0.2) is 12.2 Å². The van der Waals surface area contributed by atoms with Gasteiger partial charge in [-0.05, 0) is 6.92 Å². The number of carbonyl (C=O) groups excluding carboxylic acids is 1. The quantitative estimate of drug-likeness (QED) is 0.312. The van der Waals surface area contributed by atoms with E-state index in [-0.39, 0.29) is 0 Å². The standard InChI is InChI=1S/C4H13N3.C4H7NO/c5-1-3-7-4-2-6;1-3(2)4(5)6/h7H,1-6H2;1H2,2H3,(H2,5,6). The normalized spacial score (nSPS) is 8.54. The van der Waals surface area contributed by atoms with E-state index in [0.29, 0.717) is 18.7 Å². The third-order valence-corrected chi connectivity index (χ3v) is 1.06. The van der Waals surface area contributed by atoms with Crippen LogP contribution in [-0.4, -0.2) is 32.1 Å². The lowest BCUT2D eigenvalue weighted by atomic mass is 10.3. The van der Waals surface area contributed by atoms with E-state index >= 15 is 0 Å². The van der Waals surface area contributed by atoms with E-state index < -0.39 is 5.91 Å². The first kappa shape index (κ1) is 14.6. The molecule has 0 bridgehead atoms. The van der Waals surface area contributed by atoms with Crippen molar-refractivity contribution in [3.05, 3.63) is 12.2 Å². The molecule has 0 spiro atoms. The maximum atomic E-state index is 9.82. The SMILES string of the molecule is C=C(C)C(N)=O.NCCNCCN. The largest absolute Gasteiger partial charge is 0.366 e. The fraction of sp³-hybridized carbons (Fsp3) is 0.625. The van der Waals surface area contributed by atoms with Crippen molar-refractivity contribution in [1.29, 1.82) is 0 Å². The molecule has 13 heavy (non-hydrogen) atoms. The van der Waals surface area contributed by atoms with E-state index in [1.165, 1.54) is 0 Å². The van der Waals surface area contributed by atoms with Crippen LogP contribution in [0, 0.1) is 0 Å². The van der Waals surface area contributed by atoms with Crippen LogP contribution in [0.4, 0.5) is 0 Å². The van der Waals surface area contributed by atoms with Crippen molar-refractivity contribution < 1.29 is 4.79 Å². The van der Waals surface area contributed by atoms with Crippen molar-refractivity contribution in [3.8, 4) is 0 Å². The molecule has 5 nitrogen and oxygen atoms in total. The van der Waals surface area contributed by atoms with Gasteiger partial charge in [0.25, 0.3) is 0 Å². The summed E-state index contributed by atoms with van der Waals surface area (Å²) in [6, 6.07) is 0. The van der Waals surface area contributed by atoms with Gasteiger partial charge in [-0.15, -0.1) is 0 Å². The molecule has 0 saturated heterocycles. The Hall–Kier alpha value is -0.910. The predicted octanol–water partition coefficient (Wildman–Crippen LogP) is -1.46. The first-order chi connectivity index (χ1) is 6.06. The molecule has 0 saturated carbocycles. The van der Waals surface area contributed by atoms with E-state index in [4.69, 9.17) is 17.2 Å². The van der Waals surface area contributed by atoms with Crippen molar-refractivity contribution in [2.45, 2.75) is 6.92 Å². The highest BCUT2D eigenvalue weighted by molar-refractivity contribution is 5.90. The van der Waals surface area contributed by atoms with Crippen molar-refractivity contribution in [3.63, 3.8) is 0 Å². The van der Waals surface area contributed by atoms with Gasteiger partial charge in [0.2, 0.25) is 5.91 Å². The van der Waals surface area contributed by atoms with E-state index in [9.17, 15) is 4.79 Å². The Balaban J connectivity index is 0. The summed E-state index contributed by atoms with van der Waals surface area (Å²) in [4.78, 5) is 9.82. The summed E-state index contributed by atoms with van der Waals surface area (Å²) >= 11 is 0. The molecule has 0 aliphatic rings. The van der Waals surface area contributed by atoms with E-state index in [0.717, 1.165) is 13.1 Å². The fourth-order valence-corrected chi connectivity index (χ4v) is 0.329. The average molecular weight is 188 g/mol. The van der Waals surface area contributed by atoms with Gasteiger partial charge in [-0.25, -0.2) is 0 Å². The van der Waals surface area contributed by atoms with Gasteiger partial charge in [0.1, 0.15) is 0 Å². The lowest BCUT2D eigenvalue weighted by molar-refractivity contribution is -0.114. The van der Waals surface area contributed by atoms with Gasteiger partial charge in [0.05, 0.1) is 0 Å². The Labute approximate surface area is 79.3 Å². The minimum atomic E-state index is -0.435. The van der Waals surface area contributed by atoms with E-state index in [1.807, 2.05) is 0 Å². The van der Waals surface area contributed by atoms with Crippen molar-refractivity contribution in [2.75, 3.05) is 26.2 Å². The molecule has 0 aromatic heterocycles.